The number of aromatic nitrogens is 2. The van der Waals surface area contributed by atoms with Crippen molar-refractivity contribution in [3.05, 3.63) is 107 Å². The van der Waals surface area contributed by atoms with Crippen molar-refractivity contribution >= 4 is 49.1 Å². The van der Waals surface area contributed by atoms with Gasteiger partial charge in [0, 0.05) is 16.9 Å². The summed E-state index contributed by atoms with van der Waals surface area (Å²) in [6, 6.07) is 20.5. The van der Waals surface area contributed by atoms with Gasteiger partial charge in [-0.15, -0.1) is 0 Å². The van der Waals surface area contributed by atoms with E-state index in [0.717, 1.165) is 41.5 Å². The van der Waals surface area contributed by atoms with E-state index in [0.29, 0.717) is 17.1 Å². The van der Waals surface area contributed by atoms with Gasteiger partial charge in [-0.3, -0.25) is 4.72 Å². The Bertz CT molecular complexity index is 2340. The van der Waals surface area contributed by atoms with Gasteiger partial charge >= 0.3 is 11.9 Å². The van der Waals surface area contributed by atoms with Gasteiger partial charge in [0.1, 0.15) is 20.4 Å². The lowest BCUT2D eigenvalue weighted by atomic mass is 10.1. The quantitative estimate of drug-likeness (QED) is 0.155. The third kappa shape index (κ3) is 5.96. The van der Waals surface area contributed by atoms with Crippen LogP contribution in [0.5, 0.6) is 11.5 Å². The second kappa shape index (κ2) is 11.5. The molecule has 47 heavy (non-hydrogen) atoms. The highest BCUT2D eigenvalue weighted by Gasteiger charge is 2.38. The molecular weight excluding hydrogens is 649 g/mol. The fourth-order valence-corrected chi connectivity index (χ4v) is 7.76. The minimum absolute atomic E-state index is 0.0497. The fourth-order valence-electron chi connectivity index (χ4n) is 4.90. The van der Waals surface area contributed by atoms with Crippen molar-refractivity contribution < 1.29 is 41.4 Å². The third-order valence-electron chi connectivity index (χ3n) is 7.20. The van der Waals surface area contributed by atoms with E-state index in [9.17, 15) is 36.6 Å². The molecule has 15 heteroatoms. The van der Waals surface area contributed by atoms with Crippen LogP contribution in [0.3, 0.4) is 0 Å². The summed E-state index contributed by atoms with van der Waals surface area (Å²) in [5, 5.41) is 22.2. The van der Waals surface area contributed by atoms with Crippen molar-refractivity contribution in [2.75, 3.05) is 10.0 Å². The van der Waals surface area contributed by atoms with Crippen LogP contribution < -0.4 is 14.8 Å². The number of carboxylic acid groups (broad SMARTS) is 2. The molecule has 1 aliphatic heterocycles. The lowest BCUT2D eigenvalue weighted by Gasteiger charge is -2.23. The molecule has 0 unspecified atom stereocenters. The number of rotatable bonds is 8. The van der Waals surface area contributed by atoms with Gasteiger partial charge in [0.15, 0.2) is 5.75 Å². The number of nitrogens with one attached hydrogen (secondary N) is 2. The number of carboxylic acids is 2. The normalized spacial score (nSPS) is 13.1. The minimum atomic E-state index is -4.69. The zero-order chi connectivity index (χ0) is 33.7. The molecule has 0 radical (unpaired) electrons. The maximum atomic E-state index is 13.8. The van der Waals surface area contributed by atoms with Crippen LogP contribution in [0.15, 0.2) is 99.6 Å². The zero-order valence-electron chi connectivity index (χ0n) is 24.5. The average molecular weight is 673 g/mol. The molecular formula is C32H24N4O9S2. The molecule has 4 N–H and O–H groups in total. The molecule has 13 nitrogen and oxygen atoms in total. The van der Waals surface area contributed by atoms with Crippen molar-refractivity contribution in [1.29, 1.82) is 0 Å². The van der Waals surface area contributed by atoms with Crippen LogP contribution in [0.1, 0.15) is 32.0 Å². The van der Waals surface area contributed by atoms with Gasteiger partial charge in [-0.05, 0) is 67.9 Å². The van der Waals surface area contributed by atoms with Crippen LogP contribution in [0.2, 0.25) is 0 Å². The second-order valence-electron chi connectivity index (χ2n) is 10.5. The summed E-state index contributed by atoms with van der Waals surface area (Å²) in [4.78, 5) is 30.4. The standard InChI is InChI=1S/C32H24N4O9S2/c1-17-8-10-22(16-23(17)34-32-33-18(2)12-24(35-32)19-6-4-3-5-7-19)36-47(43,44)28-15-21(31(39)40)14-27-29(28)45-25-11-9-20(30(37)38)13-26(25)46(27,41)42/h3-16,36H,1-2H3,(H,37,38)(H,39,40)(H,33,34,35). The Balaban J connectivity index is 1.38. The molecule has 0 spiro atoms. The van der Waals surface area contributed by atoms with Crippen LogP contribution in [-0.4, -0.2) is 49.0 Å². The summed E-state index contributed by atoms with van der Waals surface area (Å²) in [5.41, 5.74) is 2.46. The number of hydrogen-bond donors (Lipinski definition) is 4. The summed E-state index contributed by atoms with van der Waals surface area (Å²) in [6.07, 6.45) is 0. The molecule has 6 rings (SSSR count). The lowest BCUT2D eigenvalue weighted by Crippen LogP contribution is -2.20. The first-order valence-electron chi connectivity index (χ1n) is 13.8. The van der Waals surface area contributed by atoms with Crippen LogP contribution in [0, 0.1) is 13.8 Å². The predicted molar refractivity (Wildman–Crippen MR) is 170 cm³/mol. The van der Waals surface area contributed by atoms with E-state index in [2.05, 4.69) is 20.0 Å². The number of sulfone groups is 1. The molecule has 0 aliphatic carbocycles. The fraction of sp³-hybridized carbons (Fsp3) is 0.0625. The Morgan fingerprint density at radius 2 is 1.51 bits per heavy atom. The lowest BCUT2D eigenvalue weighted by molar-refractivity contribution is 0.0685. The predicted octanol–water partition coefficient (Wildman–Crippen LogP) is 5.64. The molecule has 238 valence electrons. The first-order valence-corrected chi connectivity index (χ1v) is 16.7. The molecule has 0 bridgehead atoms. The largest absolute Gasteiger partial charge is 0.478 e. The Morgan fingerprint density at radius 1 is 0.809 bits per heavy atom. The maximum Gasteiger partial charge on any atom is 0.335 e. The number of hydrogen-bond acceptors (Lipinski definition) is 10. The van der Waals surface area contributed by atoms with Gasteiger partial charge in [0.2, 0.25) is 15.8 Å². The number of nitrogens with zero attached hydrogens (tertiary/aromatic N) is 2. The topological polar surface area (TPSA) is 202 Å². The Labute approximate surface area is 268 Å². The third-order valence-corrected chi connectivity index (χ3v) is 10.4. The van der Waals surface area contributed by atoms with E-state index >= 15 is 0 Å². The van der Waals surface area contributed by atoms with Crippen molar-refractivity contribution in [1.82, 2.24) is 9.97 Å². The van der Waals surface area contributed by atoms with E-state index in [1.165, 1.54) is 12.1 Å². The van der Waals surface area contributed by atoms with Crippen LogP contribution in [0.25, 0.3) is 11.3 Å². The molecule has 4 aromatic carbocycles. The van der Waals surface area contributed by atoms with Gasteiger partial charge < -0.3 is 20.3 Å². The summed E-state index contributed by atoms with van der Waals surface area (Å²) in [5.74, 6) is -3.70. The smallest absolute Gasteiger partial charge is 0.335 e. The molecule has 0 saturated heterocycles. The van der Waals surface area contributed by atoms with E-state index in [4.69, 9.17) is 4.74 Å². The first-order chi connectivity index (χ1) is 22.2. The molecule has 5 aromatic rings. The highest BCUT2D eigenvalue weighted by atomic mass is 32.2. The number of aromatic carboxylic acids is 2. The number of carbonyl (C=O) groups is 2. The highest BCUT2D eigenvalue weighted by Crippen LogP contribution is 2.47. The first kappa shape index (κ1) is 31.2. The Morgan fingerprint density at radius 3 is 2.21 bits per heavy atom. The van der Waals surface area contributed by atoms with Crippen molar-refractivity contribution in [2.24, 2.45) is 0 Å². The molecule has 0 fully saturated rings. The van der Waals surface area contributed by atoms with Gasteiger partial charge in [-0.1, -0.05) is 36.4 Å². The number of anilines is 3. The number of ether oxygens (including phenoxy) is 1. The van der Waals surface area contributed by atoms with Gasteiger partial charge in [0.25, 0.3) is 10.0 Å². The SMILES string of the molecule is Cc1cc(-c2ccccc2)nc(Nc2cc(NS(=O)(=O)c3cc(C(=O)O)cc4c3Oc3ccc(C(=O)O)cc3S4(=O)=O)ccc2C)n1. The van der Waals surface area contributed by atoms with Crippen LogP contribution >= 0.6 is 0 Å². The number of aryl methyl sites for hydroxylation is 2. The Kier molecular flexibility index (Phi) is 7.65. The zero-order valence-corrected chi connectivity index (χ0v) is 26.2. The Hall–Kier alpha value is -5.80. The average Bonchev–Trinajstić information content (AvgIpc) is 3.02. The van der Waals surface area contributed by atoms with Gasteiger partial charge in [-0.2, -0.15) is 0 Å². The van der Waals surface area contributed by atoms with Gasteiger partial charge in [-0.25, -0.2) is 36.4 Å². The minimum Gasteiger partial charge on any atom is -0.478 e. The number of sulfonamides is 1. The van der Waals surface area contributed by atoms with Crippen molar-refractivity contribution in [3.63, 3.8) is 0 Å². The molecule has 0 saturated carbocycles. The van der Waals surface area contributed by atoms with Crippen LogP contribution in [-0.2, 0) is 19.9 Å². The molecule has 1 aliphatic rings. The van der Waals surface area contributed by atoms with E-state index in [1.807, 2.05) is 43.3 Å². The number of benzene rings is 4. The molecule has 0 amide bonds. The van der Waals surface area contributed by atoms with Crippen molar-refractivity contribution in [2.45, 2.75) is 28.5 Å². The molecule has 2 heterocycles. The summed E-state index contributed by atoms with van der Waals surface area (Å²) < 4.78 is 62.9. The van der Waals surface area contributed by atoms with E-state index in [-0.39, 0.29) is 22.9 Å². The maximum absolute atomic E-state index is 13.8. The second-order valence-corrected chi connectivity index (χ2v) is 14.1. The van der Waals surface area contributed by atoms with E-state index in [1.54, 1.807) is 13.0 Å². The summed E-state index contributed by atoms with van der Waals surface area (Å²) in [7, 11) is -9.30. The summed E-state index contributed by atoms with van der Waals surface area (Å²) >= 11 is 0. The number of fused-ring (bicyclic) bond motifs is 2. The molecule has 0 atom stereocenters. The monoisotopic (exact) mass is 672 g/mol. The highest BCUT2D eigenvalue weighted by molar-refractivity contribution is 7.93. The van der Waals surface area contributed by atoms with Gasteiger partial charge in [0.05, 0.1) is 22.5 Å². The van der Waals surface area contributed by atoms with E-state index < -0.39 is 57.8 Å². The van der Waals surface area contributed by atoms with Crippen LogP contribution in [0.4, 0.5) is 17.3 Å². The summed E-state index contributed by atoms with van der Waals surface area (Å²) in [6.45, 7) is 3.60. The van der Waals surface area contributed by atoms with Crippen molar-refractivity contribution in [3.8, 4) is 22.8 Å². The molecule has 1 aromatic heterocycles.